The second kappa shape index (κ2) is 8.33. The van der Waals surface area contributed by atoms with Gasteiger partial charge >= 0.3 is 11.8 Å². The van der Waals surface area contributed by atoms with Crippen LogP contribution in [0.4, 0.5) is 0 Å². The lowest BCUT2D eigenvalue weighted by atomic mass is 9.97. The van der Waals surface area contributed by atoms with Gasteiger partial charge in [-0.2, -0.15) is 4.98 Å². The largest absolute Gasteiger partial charge is 0.345 e. The lowest BCUT2D eigenvalue weighted by Gasteiger charge is -2.19. The van der Waals surface area contributed by atoms with Gasteiger partial charge < -0.3 is 9.84 Å². The Morgan fingerprint density at radius 2 is 1.89 bits per heavy atom. The Bertz CT molecular complexity index is 1020. The molecule has 2 aromatic heterocycles. The predicted octanol–water partition coefficient (Wildman–Crippen LogP) is 2.67. The molecule has 0 aliphatic heterocycles. The maximum Gasteiger partial charge on any atom is 0.316 e. The van der Waals surface area contributed by atoms with Crippen molar-refractivity contribution in [3.05, 3.63) is 52.7 Å². The molecule has 3 aromatic rings. The molecule has 0 atom stereocenters. The van der Waals surface area contributed by atoms with Crippen molar-refractivity contribution < 1.29 is 9.32 Å². The first kappa shape index (κ1) is 18.3. The zero-order valence-electron chi connectivity index (χ0n) is 15.6. The van der Waals surface area contributed by atoms with Crippen molar-refractivity contribution in [3.8, 4) is 0 Å². The van der Waals surface area contributed by atoms with E-state index in [-0.39, 0.29) is 35.8 Å². The van der Waals surface area contributed by atoms with Crippen molar-refractivity contribution in [2.24, 2.45) is 0 Å². The topological polar surface area (TPSA) is 103 Å². The molecule has 1 aliphatic carbocycles. The van der Waals surface area contributed by atoms with E-state index >= 15 is 0 Å². The molecule has 1 N–H and O–H groups in total. The number of para-hydroxylation sites is 1. The van der Waals surface area contributed by atoms with Crippen molar-refractivity contribution in [3.63, 3.8) is 0 Å². The third kappa shape index (κ3) is 4.11. The van der Waals surface area contributed by atoms with E-state index in [9.17, 15) is 9.59 Å². The Balaban J connectivity index is 1.45. The number of hydrogen-bond donors (Lipinski definition) is 1. The van der Waals surface area contributed by atoms with E-state index in [1.807, 2.05) is 6.07 Å². The number of carbonyl (C=O) groups is 1. The molecule has 28 heavy (non-hydrogen) atoms. The number of amides is 1. The van der Waals surface area contributed by atoms with Gasteiger partial charge in [-0.15, -0.1) is 0 Å². The van der Waals surface area contributed by atoms with E-state index in [4.69, 9.17) is 4.52 Å². The Morgan fingerprint density at radius 3 is 2.71 bits per heavy atom. The summed E-state index contributed by atoms with van der Waals surface area (Å²) in [7, 11) is 0. The normalized spacial score (nSPS) is 15.9. The number of rotatable bonds is 4. The van der Waals surface area contributed by atoms with Gasteiger partial charge in [0.25, 0.3) is 5.56 Å². The molecule has 4 rings (SSSR count). The quantitative estimate of drug-likeness (QED) is 0.745. The standard InChI is InChI=1S/C20H23N5O3/c26-18(22-14-8-4-2-1-3-5-9-14)19-23-17(24-28-19)12-25-13-21-16-11-7-6-10-15(16)20(25)27/h6-7,10-11,13-14H,1-5,8-9,12H2,(H,22,26). The molecule has 0 bridgehead atoms. The lowest BCUT2D eigenvalue weighted by molar-refractivity contribution is 0.0886. The highest BCUT2D eigenvalue weighted by Gasteiger charge is 2.20. The molecule has 1 aromatic carbocycles. The van der Waals surface area contributed by atoms with Gasteiger partial charge in [-0.25, -0.2) is 4.98 Å². The fourth-order valence-electron chi connectivity index (χ4n) is 3.63. The van der Waals surface area contributed by atoms with E-state index in [0.717, 1.165) is 25.7 Å². The molecule has 0 saturated heterocycles. The summed E-state index contributed by atoms with van der Waals surface area (Å²) in [6, 6.07) is 7.29. The van der Waals surface area contributed by atoms with Gasteiger partial charge in [0.1, 0.15) is 0 Å². The number of nitrogens with one attached hydrogen (secondary N) is 1. The maximum atomic E-state index is 12.6. The molecule has 146 valence electrons. The lowest BCUT2D eigenvalue weighted by Crippen LogP contribution is -2.35. The molecule has 0 radical (unpaired) electrons. The average Bonchev–Trinajstić information content (AvgIpc) is 3.15. The minimum atomic E-state index is -0.353. The minimum absolute atomic E-state index is 0.0705. The van der Waals surface area contributed by atoms with Crippen molar-refractivity contribution in [2.75, 3.05) is 0 Å². The van der Waals surface area contributed by atoms with Crippen LogP contribution in [0.1, 0.15) is 61.5 Å². The average molecular weight is 381 g/mol. The molecule has 1 saturated carbocycles. The number of benzene rings is 1. The molecule has 0 spiro atoms. The first-order valence-corrected chi connectivity index (χ1v) is 9.78. The van der Waals surface area contributed by atoms with Gasteiger partial charge in [0.05, 0.1) is 23.8 Å². The van der Waals surface area contributed by atoms with E-state index in [1.165, 1.54) is 30.2 Å². The molecular weight excluding hydrogens is 358 g/mol. The highest BCUT2D eigenvalue weighted by Crippen LogP contribution is 2.17. The van der Waals surface area contributed by atoms with Crippen molar-refractivity contribution in [2.45, 2.75) is 57.5 Å². The molecule has 1 aliphatic rings. The first-order chi connectivity index (χ1) is 13.7. The fraction of sp³-hybridized carbons (Fsp3) is 0.450. The highest BCUT2D eigenvalue weighted by molar-refractivity contribution is 5.89. The van der Waals surface area contributed by atoms with Crippen molar-refractivity contribution in [1.29, 1.82) is 0 Å². The molecule has 1 fully saturated rings. The van der Waals surface area contributed by atoms with Crippen LogP contribution in [0.25, 0.3) is 10.9 Å². The second-order valence-electron chi connectivity index (χ2n) is 7.23. The van der Waals surface area contributed by atoms with Crippen LogP contribution >= 0.6 is 0 Å². The van der Waals surface area contributed by atoms with Gasteiger partial charge in [0.15, 0.2) is 5.82 Å². The smallest absolute Gasteiger partial charge is 0.316 e. The summed E-state index contributed by atoms with van der Waals surface area (Å²) in [5, 5.41) is 7.37. The van der Waals surface area contributed by atoms with Crippen molar-refractivity contribution in [1.82, 2.24) is 25.0 Å². The third-order valence-electron chi connectivity index (χ3n) is 5.15. The first-order valence-electron chi connectivity index (χ1n) is 9.78. The van der Waals surface area contributed by atoms with Crippen LogP contribution in [-0.4, -0.2) is 31.6 Å². The van der Waals surface area contributed by atoms with E-state index in [0.29, 0.717) is 10.9 Å². The molecule has 8 heteroatoms. The Morgan fingerprint density at radius 1 is 1.14 bits per heavy atom. The maximum absolute atomic E-state index is 12.6. The number of carbonyl (C=O) groups excluding carboxylic acids is 1. The van der Waals surface area contributed by atoms with Gasteiger partial charge in [0.2, 0.25) is 0 Å². The molecule has 2 heterocycles. The molecular formula is C20H23N5O3. The van der Waals surface area contributed by atoms with Gasteiger partial charge in [-0.3, -0.25) is 14.2 Å². The van der Waals surface area contributed by atoms with Crippen LogP contribution in [-0.2, 0) is 6.54 Å². The van der Waals surface area contributed by atoms with Crippen LogP contribution in [0.15, 0.2) is 39.9 Å². The Hall–Kier alpha value is -3.03. The zero-order valence-corrected chi connectivity index (χ0v) is 15.6. The summed E-state index contributed by atoms with van der Waals surface area (Å²) in [5.41, 5.74) is 0.451. The monoisotopic (exact) mass is 381 g/mol. The predicted molar refractivity (Wildman–Crippen MR) is 103 cm³/mol. The number of aromatic nitrogens is 4. The van der Waals surface area contributed by atoms with E-state index < -0.39 is 0 Å². The Kier molecular flexibility index (Phi) is 5.45. The number of fused-ring (bicyclic) bond motifs is 1. The van der Waals surface area contributed by atoms with Gasteiger partial charge in [-0.1, -0.05) is 49.4 Å². The zero-order chi connectivity index (χ0) is 19.3. The van der Waals surface area contributed by atoms with Crippen LogP contribution in [0.5, 0.6) is 0 Å². The van der Waals surface area contributed by atoms with E-state index in [2.05, 4.69) is 20.4 Å². The number of hydrogen-bond acceptors (Lipinski definition) is 6. The minimum Gasteiger partial charge on any atom is -0.345 e. The molecule has 8 nitrogen and oxygen atoms in total. The second-order valence-corrected chi connectivity index (χ2v) is 7.23. The van der Waals surface area contributed by atoms with E-state index in [1.54, 1.807) is 18.2 Å². The van der Waals surface area contributed by atoms with Crippen LogP contribution in [0.3, 0.4) is 0 Å². The summed E-state index contributed by atoms with van der Waals surface area (Å²) in [6.07, 6.45) is 9.36. The summed E-state index contributed by atoms with van der Waals surface area (Å²) in [6.45, 7) is 0.0941. The summed E-state index contributed by atoms with van der Waals surface area (Å²) in [5.74, 6) is -0.158. The summed E-state index contributed by atoms with van der Waals surface area (Å²) >= 11 is 0. The summed E-state index contributed by atoms with van der Waals surface area (Å²) in [4.78, 5) is 33.4. The third-order valence-corrected chi connectivity index (χ3v) is 5.15. The number of nitrogens with zero attached hydrogens (tertiary/aromatic N) is 4. The van der Waals surface area contributed by atoms with Gasteiger partial charge in [-0.05, 0) is 25.0 Å². The fourth-order valence-corrected chi connectivity index (χ4v) is 3.63. The van der Waals surface area contributed by atoms with Crippen LogP contribution in [0, 0.1) is 0 Å². The van der Waals surface area contributed by atoms with Crippen molar-refractivity contribution >= 4 is 16.8 Å². The Labute approximate surface area is 162 Å². The highest BCUT2D eigenvalue weighted by atomic mass is 16.5. The SMILES string of the molecule is O=C(NC1CCCCCCC1)c1nc(Cn2cnc3ccccc3c2=O)no1. The van der Waals surface area contributed by atoms with Crippen LogP contribution < -0.4 is 10.9 Å². The summed E-state index contributed by atoms with van der Waals surface area (Å²) < 4.78 is 6.52. The van der Waals surface area contributed by atoms with Gasteiger partial charge in [0, 0.05) is 6.04 Å². The molecule has 1 amide bonds. The van der Waals surface area contributed by atoms with Crippen LogP contribution in [0.2, 0.25) is 0 Å². The molecule has 0 unspecified atom stereocenters.